The number of nitrogen functional groups attached to an aromatic ring is 1. The molecule has 2 amide bonds. The molecule has 3 aromatic carbocycles. The molecule has 9 nitrogen and oxygen atoms in total. The Morgan fingerprint density at radius 1 is 0.889 bits per heavy atom. The maximum atomic E-state index is 13.3. The van der Waals surface area contributed by atoms with E-state index in [1.807, 2.05) is 13.8 Å². The first-order valence-electron chi connectivity index (χ1n) is 11.4. The average Bonchev–Trinajstić information content (AvgIpc) is 2.86. The topological polar surface area (TPSA) is 171 Å². The number of amidine groups is 1. The minimum absolute atomic E-state index is 0.0895. The van der Waals surface area contributed by atoms with Crippen molar-refractivity contribution < 1.29 is 19.5 Å². The van der Waals surface area contributed by atoms with Crippen LogP contribution < -0.4 is 22.1 Å². The number of carboxylic acids is 1. The highest BCUT2D eigenvalue weighted by atomic mass is 16.4. The summed E-state index contributed by atoms with van der Waals surface area (Å²) in [4.78, 5) is 37.9. The van der Waals surface area contributed by atoms with Crippen LogP contribution in [-0.4, -0.2) is 35.3 Å². The molecule has 0 bridgehead atoms. The number of hydrogen-bond donors (Lipinski definition) is 6. The predicted octanol–water partition coefficient (Wildman–Crippen LogP) is 3.43. The van der Waals surface area contributed by atoms with E-state index in [1.165, 1.54) is 18.2 Å². The van der Waals surface area contributed by atoms with Crippen LogP contribution >= 0.6 is 0 Å². The molecule has 186 valence electrons. The van der Waals surface area contributed by atoms with Gasteiger partial charge in [0.15, 0.2) is 0 Å². The van der Waals surface area contributed by atoms with Crippen LogP contribution in [-0.2, 0) is 6.54 Å². The summed E-state index contributed by atoms with van der Waals surface area (Å²) in [6.07, 6.45) is 0. The molecule has 3 rings (SSSR count). The number of carbonyl (C=O) groups is 3. The lowest BCUT2D eigenvalue weighted by Gasteiger charge is -2.15. The Kier molecular flexibility index (Phi) is 8.18. The molecule has 0 fully saturated rings. The second-order valence-electron chi connectivity index (χ2n) is 8.70. The number of benzene rings is 3. The number of nitrogens with two attached hydrogens (primary N) is 2. The monoisotopic (exact) mass is 487 g/mol. The molecule has 0 unspecified atom stereocenters. The van der Waals surface area contributed by atoms with Gasteiger partial charge in [-0.15, -0.1) is 0 Å². The van der Waals surface area contributed by atoms with Gasteiger partial charge in [0.05, 0.1) is 5.56 Å². The summed E-state index contributed by atoms with van der Waals surface area (Å²) in [6, 6.07) is 15.8. The molecule has 8 N–H and O–H groups in total. The van der Waals surface area contributed by atoms with Gasteiger partial charge in [-0.2, -0.15) is 0 Å². The number of aromatic carboxylic acids is 1. The van der Waals surface area contributed by atoms with E-state index >= 15 is 0 Å². The van der Waals surface area contributed by atoms with Crippen LogP contribution in [0.3, 0.4) is 0 Å². The van der Waals surface area contributed by atoms with Gasteiger partial charge in [0, 0.05) is 35.5 Å². The maximum Gasteiger partial charge on any atom is 0.336 e. The zero-order valence-electron chi connectivity index (χ0n) is 20.1. The fourth-order valence-electron chi connectivity index (χ4n) is 3.57. The van der Waals surface area contributed by atoms with Gasteiger partial charge in [0.1, 0.15) is 5.84 Å². The largest absolute Gasteiger partial charge is 0.478 e. The van der Waals surface area contributed by atoms with Crippen LogP contribution in [0, 0.1) is 11.3 Å². The molecule has 0 aromatic heterocycles. The third kappa shape index (κ3) is 6.13. The van der Waals surface area contributed by atoms with Gasteiger partial charge in [0.2, 0.25) is 0 Å². The Labute approximate surface area is 209 Å². The molecule has 0 aliphatic heterocycles. The summed E-state index contributed by atoms with van der Waals surface area (Å²) in [5, 5.41) is 23.0. The summed E-state index contributed by atoms with van der Waals surface area (Å²) >= 11 is 0. The van der Waals surface area contributed by atoms with Gasteiger partial charge >= 0.3 is 5.97 Å². The molecule has 36 heavy (non-hydrogen) atoms. The van der Waals surface area contributed by atoms with Crippen molar-refractivity contribution in [3.8, 4) is 11.1 Å². The standard InChI is InChI=1S/C27H29N5O4/c1-15(2)14-31-25(33)18-6-10-21(23(12-18)27(35)36)20-9-3-16(13-28)11-22(20)26(34)32-19-7-4-17(5-8-19)24(29)30/h3-12,15H,13-14,28H2,1-2H3,(H3,29,30)(H,31,33)(H,32,34)(H,35,36). The zero-order valence-corrected chi connectivity index (χ0v) is 20.1. The Morgan fingerprint density at radius 2 is 1.50 bits per heavy atom. The quantitative estimate of drug-likeness (QED) is 0.199. The fraction of sp³-hybridized carbons (Fsp3) is 0.185. The lowest BCUT2D eigenvalue weighted by atomic mass is 9.92. The zero-order chi connectivity index (χ0) is 26.4. The molecular formula is C27H29N5O4. The van der Waals surface area contributed by atoms with Crippen molar-refractivity contribution in [2.45, 2.75) is 20.4 Å². The van der Waals surface area contributed by atoms with Crippen molar-refractivity contribution in [2.75, 3.05) is 11.9 Å². The van der Waals surface area contributed by atoms with E-state index in [-0.39, 0.29) is 40.9 Å². The van der Waals surface area contributed by atoms with Crippen molar-refractivity contribution in [3.63, 3.8) is 0 Å². The SMILES string of the molecule is CC(C)CNC(=O)c1ccc(-c2ccc(CN)cc2C(=O)Nc2ccc(C(=N)N)cc2)c(C(=O)O)c1. The van der Waals surface area contributed by atoms with Gasteiger partial charge in [-0.25, -0.2) is 4.79 Å². The first-order chi connectivity index (χ1) is 17.1. The van der Waals surface area contributed by atoms with Crippen LogP contribution in [0.4, 0.5) is 5.69 Å². The second-order valence-corrected chi connectivity index (χ2v) is 8.70. The van der Waals surface area contributed by atoms with Crippen LogP contribution in [0.5, 0.6) is 0 Å². The van der Waals surface area contributed by atoms with Crippen LogP contribution in [0.15, 0.2) is 60.7 Å². The third-order valence-corrected chi connectivity index (χ3v) is 5.49. The predicted molar refractivity (Wildman–Crippen MR) is 139 cm³/mol. The molecule has 3 aromatic rings. The van der Waals surface area contributed by atoms with Gasteiger partial charge < -0.3 is 27.2 Å². The lowest BCUT2D eigenvalue weighted by molar-refractivity contribution is 0.0697. The molecule has 0 spiro atoms. The first kappa shape index (κ1) is 26.1. The van der Waals surface area contributed by atoms with E-state index < -0.39 is 11.9 Å². The van der Waals surface area contributed by atoms with Crippen LogP contribution in [0.2, 0.25) is 0 Å². The van der Waals surface area contributed by atoms with E-state index in [2.05, 4.69) is 10.6 Å². The van der Waals surface area contributed by atoms with Crippen molar-refractivity contribution in [2.24, 2.45) is 17.4 Å². The Morgan fingerprint density at radius 3 is 2.08 bits per heavy atom. The van der Waals surface area contributed by atoms with E-state index in [9.17, 15) is 19.5 Å². The van der Waals surface area contributed by atoms with Crippen LogP contribution in [0.25, 0.3) is 11.1 Å². The van der Waals surface area contributed by atoms with E-state index in [0.29, 0.717) is 34.5 Å². The summed E-state index contributed by atoms with van der Waals surface area (Å²) in [5.74, 6) is -1.91. The molecule has 0 atom stereocenters. The fourth-order valence-corrected chi connectivity index (χ4v) is 3.57. The van der Waals surface area contributed by atoms with E-state index in [4.69, 9.17) is 16.9 Å². The Bertz CT molecular complexity index is 1320. The summed E-state index contributed by atoms with van der Waals surface area (Å²) in [7, 11) is 0. The maximum absolute atomic E-state index is 13.3. The van der Waals surface area contributed by atoms with Gasteiger partial charge in [-0.1, -0.05) is 32.0 Å². The highest BCUT2D eigenvalue weighted by Gasteiger charge is 2.21. The highest BCUT2D eigenvalue weighted by Crippen LogP contribution is 2.30. The number of amides is 2. The van der Waals surface area contributed by atoms with Gasteiger partial charge in [0.25, 0.3) is 11.8 Å². The van der Waals surface area contributed by atoms with Gasteiger partial charge in [-0.05, 0) is 65.1 Å². The number of rotatable bonds is 9. The van der Waals surface area contributed by atoms with Crippen molar-refractivity contribution >= 4 is 29.3 Å². The van der Waals surface area contributed by atoms with Crippen LogP contribution in [0.1, 0.15) is 56.0 Å². The van der Waals surface area contributed by atoms with Crippen molar-refractivity contribution in [3.05, 3.63) is 88.5 Å². The lowest BCUT2D eigenvalue weighted by Crippen LogP contribution is -2.27. The summed E-state index contributed by atoms with van der Waals surface area (Å²) < 4.78 is 0. The van der Waals surface area contributed by atoms with Crippen molar-refractivity contribution in [1.29, 1.82) is 5.41 Å². The number of anilines is 1. The summed E-state index contributed by atoms with van der Waals surface area (Å²) in [5.41, 5.74) is 14.0. The molecule has 0 saturated heterocycles. The minimum Gasteiger partial charge on any atom is -0.478 e. The Balaban J connectivity index is 2.02. The first-order valence-corrected chi connectivity index (χ1v) is 11.4. The summed E-state index contributed by atoms with van der Waals surface area (Å²) in [6.45, 7) is 4.57. The molecule has 0 heterocycles. The number of carbonyl (C=O) groups excluding carboxylic acids is 2. The molecule has 0 aliphatic rings. The number of hydrogen-bond acceptors (Lipinski definition) is 5. The van der Waals surface area contributed by atoms with E-state index in [1.54, 1.807) is 42.5 Å². The smallest absolute Gasteiger partial charge is 0.336 e. The molecule has 9 heteroatoms. The minimum atomic E-state index is -1.22. The van der Waals surface area contributed by atoms with Gasteiger partial charge in [-0.3, -0.25) is 15.0 Å². The molecule has 0 saturated carbocycles. The van der Waals surface area contributed by atoms with E-state index in [0.717, 1.165) is 0 Å². The third-order valence-electron chi connectivity index (χ3n) is 5.49. The second kappa shape index (κ2) is 11.3. The number of carboxylic acid groups (broad SMARTS) is 1. The highest BCUT2D eigenvalue weighted by molar-refractivity contribution is 6.11. The van der Waals surface area contributed by atoms with Crippen molar-refractivity contribution in [1.82, 2.24) is 5.32 Å². The number of nitrogens with one attached hydrogen (secondary N) is 3. The molecule has 0 aliphatic carbocycles. The normalized spacial score (nSPS) is 10.7. The average molecular weight is 488 g/mol. The molecular weight excluding hydrogens is 458 g/mol. The Hall–Kier alpha value is -4.50. The molecule has 0 radical (unpaired) electrons.